The van der Waals surface area contributed by atoms with Crippen LogP contribution in [0.1, 0.15) is 33.3 Å². The van der Waals surface area contributed by atoms with Crippen molar-refractivity contribution in [3.8, 4) is 5.75 Å². The molecule has 0 radical (unpaired) electrons. The molecule has 156 valence electrons. The largest absolute Gasteiger partial charge is 0.482 e. The van der Waals surface area contributed by atoms with Gasteiger partial charge in [0.1, 0.15) is 5.75 Å². The van der Waals surface area contributed by atoms with Gasteiger partial charge in [0.2, 0.25) is 0 Å². The number of nitrogens with one attached hydrogen (secondary N) is 1. The Morgan fingerprint density at radius 1 is 1.03 bits per heavy atom. The van der Waals surface area contributed by atoms with Crippen molar-refractivity contribution in [2.45, 2.75) is 39.2 Å². The Balaban J connectivity index is 1.94. The molecule has 1 amide bonds. The second kappa shape index (κ2) is 8.98. The summed E-state index contributed by atoms with van der Waals surface area (Å²) in [5.74, 6) is -5.84. The molecule has 8 heteroatoms. The van der Waals surface area contributed by atoms with Gasteiger partial charge in [0.05, 0.1) is 5.69 Å². The average molecular weight is 409 g/mol. The average Bonchev–Trinajstić information content (AvgIpc) is 2.66. The van der Waals surface area contributed by atoms with Crippen molar-refractivity contribution in [2.75, 3.05) is 11.9 Å². The molecule has 0 unspecified atom stereocenters. The molecular weight excluding hydrogens is 387 g/mol. The highest BCUT2D eigenvalue weighted by atomic mass is 19.2. The van der Waals surface area contributed by atoms with E-state index in [-0.39, 0.29) is 5.41 Å². The van der Waals surface area contributed by atoms with E-state index in [0.717, 1.165) is 11.6 Å². The maximum Gasteiger partial charge on any atom is 0.344 e. The summed E-state index contributed by atoms with van der Waals surface area (Å²) in [6.07, 6.45) is -1.31. The number of hydrogen-bond acceptors (Lipinski definition) is 4. The van der Waals surface area contributed by atoms with Crippen molar-refractivity contribution in [3.05, 3.63) is 59.4 Å². The normalized spacial score (nSPS) is 12.2. The molecule has 2 aromatic carbocycles. The van der Waals surface area contributed by atoms with E-state index in [4.69, 9.17) is 9.47 Å². The van der Waals surface area contributed by atoms with Gasteiger partial charge in [-0.2, -0.15) is 0 Å². The first-order valence-electron chi connectivity index (χ1n) is 8.87. The van der Waals surface area contributed by atoms with E-state index in [0.29, 0.717) is 11.8 Å². The number of hydrogen-bond donors (Lipinski definition) is 1. The molecule has 5 nitrogen and oxygen atoms in total. The van der Waals surface area contributed by atoms with Gasteiger partial charge in [0.25, 0.3) is 5.91 Å². The Labute approximate surface area is 166 Å². The summed E-state index contributed by atoms with van der Waals surface area (Å²) in [6.45, 7) is 6.81. The van der Waals surface area contributed by atoms with Gasteiger partial charge in [-0.05, 0) is 36.1 Å². The Morgan fingerprint density at radius 3 is 2.34 bits per heavy atom. The lowest BCUT2D eigenvalue weighted by molar-refractivity contribution is -0.155. The van der Waals surface area contributed by atoms with E-state index < -0.39 is 47.7 Å². The molecule has 2 aromatic rings. The zero-order chi connectivity index (χ0) is 21.8. The zero-order valence-electron chi connectivity index (χ0n) is 16.5. The first kappa shape index (κ1) is 22.3. The summed E-state index contributed by atoms with van der Waals surface area (Å²) in [5, 5.41) is 2.05. The number of amides is 1. The third kappa shape index (κ3) is 5.73. The third-order valence-corrected chi connectivity index (χ3v) is 4.01. The van der Waals surface area contributed by atoms with Crippen LogP contribution < -0.4 is 10.1 Å². The van der Waals surface area contributed by atoms with Crippen molar-refractivity contribution in [1.29, 1.82) is 0 Å². The van der Waals surface area contributed by atoms with Crippen LogP contribution >= 0.6 is 0 Å². The van der Waals surface area contributed by atoms with Crippen molar-refractivity contribution in [2.24, 2.45) is 0 Å². The van der Waals surface area contributed by atoms with Crippen molar-refractivity contribution in [1.82, 2.24) is 0 Å². The monoisotopic (exact) mass is 409 g/mol. The van der Waals surface area contributed by atoms with Crippen LogP contribution in [0.5, 0.6) is 5.75 Å². The Morgan fingerprint density at radius 2 is 1.69 bits per heavy atom. The first-order valence-corrected chi connectivity index (χ1v) is 8.87. The number of anilines is 1. The van der Waals surface area contributed by atoms with Crippen LogP contribution in [-0.4, -0.2) is 24.6 Å². The molecule has 0 spiro atoms. The van der Waals surface area contributed by atoms with Gasteiger partial charge in [-0.15, -0.1) is 0 Å². The molecule has 0 aliphatic rings. The third-order valence-electron chi connectivity index (χ3n) is 4.01. The number of rotatable bonds is 6. The molecule has 2 rings (SSSR count). The highest BCUT2D eigenvalue weighted by Gasteiger charge is 2.23. The topological polar surface area (TPSA) is 64.6 Å². The Kier molecular flexibility index (Phi) is 6.89. The Bertz CT molecular complexity index is 909. The van der Waals surface area contributed by atoms with Crippen LogP contribution in [-0.2, 0) is 19.7 Å². The van der Waals surface area contributed by atoms with Gasteiger partial charge in [-0.1, -0.05) is 39.0 Å². The summed E-state index contributed by atoms with van der Waals surface area (Å²) in [4.78, 5) is 24.0. The lowest BCUT2D eigenvalue weighted by Crippen LogP contribution is -2.32. The van der Waals surface area contributed by atoms with Gasteiger partial charge in [-0.3, -0.25) is 4.79 Å². The fourth-order valence-electron chi connectivity index (χ4n) is 2.49. The van der Waals surface area contributed by atoms with E-state index in [1.54, 1.807) is 12.1 Å². The summed E-state index contributed by atoms with van der Waals surface area (Å²) in [7, 11) is 0. The highest BCUT2D eigenvalue weighted by molar-refractivity contribution is 5.95. The number of carbonyl (C=O) groups excluding carboxylic acids is 2. The summed E-state index contributed by atoms with van der Waals surface area (Å²) in [6, 6.07) is 8.76. The van der Waals surface area contributed by atoms with Gasteiger partial charge in [0.15, 0.2) is 30.2 Å². The van der Waals surface area contributed by atoms with Crippen molar-refractivity contribution in [3.63, 3.8) is 0 Å². The maximum atomic E-state index is 13.6. The summed E-state index contributed by atoms with van der Waals surface area (Å²) in [5.41, 5.74) is 0.127. The van der Waals surface area contributed by atoms with Gasteiger partial charge in [-0.25, -0.2) is 18.0 Å². The number of carbonyl (C=O) groups is 2. The quantitative estimate of drug-likeness (QED) is 0.569. The van der Waals surface area contributed by atoms with E-state index >= 15 is 0 Å². The van der Waals surface area contributed by atoms with Gasteiger partial charge < -0.3 is 14.8 Å². The SMILES string of the molecule is C[C@@H](OC(=O)COc1ccccc1C(C)(C)C)C(=O)Nc1ccc(F)c(F)c1F. The smallest absolute Gasteiger partial charge is 0.344 e. The standard InChI is InChI=1S/C21H22F3NO4/c1-12(20(27)25-15-10-9-14(22)18(23)19(15)24)29-17(26)11-28-16-8-6-5-7-13(16)21(2,3)4/h5-10,12H,11H2,1-4H3,(H,25,27)/t12-/m1/s1. The minimum absolute atomic E-state index is 0.206. The number of para-hydroxylation sites is 1. The molecule has 29 heavy (non-hydrogen) atoms. The van der Waals surface area contributed by atoms with Gasteiger partial charge in [0, 0.05) is 0 Å². The number of benzene rings is 2. The summed E-state index contributed by atoms with van der Waals surface area (Å²) >= 11 is 0. The van der Waals surface area contributed by atoms with Crippen LogP contribution in [0.4, 0.5) is 18.9 Å². The van der Waals surface area contributed by atoms with Crippen molar-refractivity contribution >= 4 is 17.6 Å². The predicted octanol–water partition coefficient (Wildman–Crippen LogP) is 4.35. The van der Waals surface area contributed by atoms with E-state index in [1.807, 2.05) is 38.2 Å². The van der Waals surface area contributed by atoms with Crippen LogP contribution in [0.2, 0.25) is 0 Å². The minimum Gasteiger partial charge on any atom is -0.482 e. The highest BCUT2D eigenvalue weighted by Crippen LogP contribution is 2.30. The molecule has 1 atom stereocenters. The predicted molar refractivity (Wildman–Crippen MR) is 101 cm³/mol. The fraction of sp³-hybridized carbons (Fsp3) is 0.333. The minimum atomic E-state index is -1.71. The zero-order valence-corrected chi connectivity index (χ0v) is 16.5. The van der Waals surface area contributed by atoms with Crippen LogP contribution in [0.25, 0.3) is 0 Å². The van der Waals surface area contributed by atoms with E-state index in [2.05, 4.69) is 0 Å². The van der Waals surface area contributed by atoms with Crippen LogP contribution in [0, 0.1) is 17.5 Å². The van der Waals surface area contributed by atoms with E-state index in [9.17, 15) is 22.8 Å². The number of esters is 1. The molecule has 0 fully saturated rings. The molecule has 0 saturated heterocycles. The fourth-order valence-corrected chi connectivity index (χ4v) is 2.49. The molecular formula is C21H22F3NO4. The van der Waals surface area contributed by atoms with E-state index in [1.165, 1.54) is 6.92 Å². The summed E-state index contributed by atoms with van der Waals surface area (Å²) < 4.78 is 50.3. The molecule has 0 bridgehead atoms. The maximum absolute atomic E-state index is 13.6. The first-order chi connectivity index (χ1) is 13.5. The molecule has 0 aliphatic heterocycles. The second-order valence-electron chi connectivity index (χ2n) is 7.38. The Hall–Kier alpha value is -3.03. The number of halogens is 3. The van der Waals surface area contributed by atoms with Crippen LogP contribution in [0.15, 0.2) is 36.4 Å². The molecule has 0 aromatic heterocycles. The van der Waals surface area contributed by atoms with Gasteiger partial charge >= 0.3 is 5.97 Å². The molecule has 1 N–H and O–H groups in total. The number of ether oxygens (including phenoxy) is 2. The second-order valence-corrected chi connectivity index (χ2v) is 7.38. The van der Waals surface area contributed by atoms with Crippen LogP contribution in [0.3, 0.4) is 0 Å². The molecule has 0 heterocycles. The molecule has 0 saturated carbocycles. The van der Waals surface area contributed by atoms with Crippen molar-refractivity contribution < 1.29 is 32.2 Å². The lowest BCUT2D eigenvalue weighted by Gasteiger charge is -2.22. The lowest BCUT2D eigenvalue weighted by atomic mass is 9.86. The molecule has 0 aliphatic carbocycles.